The number of hydrogen-bond acceptors (Lipinski definition) is 3. The van der Waals surface area contributed by atoms with Gasteiger partial charge in [-0.2, -0.15) is 0 Å². The Morgan fingerprint density at radius 2 is 1.80 bits per heavy atom. The molecule has 7 heteroatoms. The number of carbonyl (C=O) groups excluding carboxylic acids is 3. The lowest BCUT2D eigenvalue weighted by atomic mass is 10.1. The second-order valence-corrected chi connectivity index (χ2v) is 8.56. The van der Waals surface area contributed by atoms with Gasteiger partial charge in [0.1, 0.15) is 5.92 Å². The molecule has 1 aliphatic rings. The minimum Gasteiger partial charge on any atom is -0.355 e. The number of aryl methyl sites for hydroxylation is 3. The molecule has 1 fully saturated rings. The van der Waals surface area contributed by atoms with E-state index in [0.717, 1.165) is 32.5 Å². The molecule has 6 nitrogen and oxygen atoms in total. The molecule has 3 rings (SSSR count). The Labute approximate surface area is 185 Å². The van der Waals surface area contributed by atoms with Gasteiger partial charge in [-0.05, 0) is 68.1 Å². The molecule has 1 heterocycles. The highest BCUT2D eigenvalue weighted by molar-refractivity contribution is 9.10. The maximum Gasteiger partial charge on any atom is 0.239 e. The Morgan fingerprint density at radius 1 is 1.07 bits per heavy atom. The molecular formula is C23H26BrN3O3. The molecule has 1 unspecified atom stereocenters. The number of carbonyl (C=O) groups is 3. The van der Waals surface area contributed by atoms with E-state index in [1.165, 1.54) is 0 Å². The zero-order valence-corrected chi connectivity index (χ0v) is 19.0. The van der Waals surface area contributed by atoms with Gasteiger partial charge in [0, 0.05) is 35.4 Å². The van der Waals surface area contributed by atoms with Gasteiger partial charge in [-0.3, -0.25) is 14.4 Å². The SMILES string of the molecule is Cc1ccc(N2CCC(C(=O)NCCC(=O)Nc3cc(Br)ccc3C)C2=O)cc1C. The fourth-order valence-electron chi connectivity index (χ4n) is 3.44. The lowest BCUT2D eigenvalue weighted by Gasteiger charge is -2.18. The minimum atomic E-state index is -0.706. The summed E-state index contributed by atoms with van der Waals surface area (Å²) in [6, 6.07) is 11.5. The average Bonchev–Trinajstić information content (AvgIpc) is 3.08. The highest BCUT2D eigenvalue weighted by Gasteiger charge is 2.37. The molecule has 3 amide bonds. The van der Waals surface area contributed by atoms with Crippen molar-refractivity contribution in [2.45, 2.75) is 33.6 Å². The standard InChI is InChI=1S/C23H26BrN3O3/c1-14-5-7-18(12-16(14)3)27-11-9-19(23(27)30)22(29)25-10-8-21(28)26-20-13-17(24)6-4-15(20)2/h4-7,12-13,19H,8-11H2,1-3H3,(H,25,29)(H,26,28). The monoisotopic (exact) mass is 471 g/mol. The fraction of sp³-hybridized carbons (Fsp3) is 0.348. The summed E-state index contributed by atoms with van der Waals surface area (Å²) in [5, 5.41) is 5.58. The van der Waals surface area contributed by atoms with E-state index in [4.69, 9.17) is 0 Å². The molecule has 2 aromatic carbocycles. The fourth-order valence-corrected chi connectivity index (χ4v) is 3.80. The number of nitrogens with one attached hydrogen (secondary N) is 2. The van der Waals surface area contributed by atoms with Crippen LogP contribution in [0.5, 0.6) is 0 Å². The highest BCUT2D eigenvalue weighted by Crippen LogP contribution is 2.27. The van der Waals surface area contributed by atoms with Crippen LogP contribution in [0.4, 0.5) is 11.4 Å². The lowest BCUT2D eigenvalue weighted by molar-refractivity contribution is -0.132. The Morgan fingerprint density at radius 3 is 2.53 bits per heavy atom. The average molecular weight is 472 g/mol. The number of halogens is 1. The molecule has 0 radical (unpaired) electrons. The van der Waals surface area contributed by atoms with Gasteiger partial charge in [-0.15, -0.1) is 0 Å². The van der Waals surface area contributed by atoms with Crippen molar-refractivity contribution in [1.29, 1.82) is 0 Å². The van der Waals surface area contributed by atoms with Crippen LogP contribution in [0, 0.1) is 26.7 Å². The second kappa shape index (κ2) is 9.43. The summed E-state index contributed by atoms with van der Waals surface area (Å²) >= 11 is 3.39. The van der Waals surface area contributed by atoms with E-state index in [2.05, 4.69) is 26.6 Å². The summed E-state index contributed by atoms with van der Waals surface area (Å²) in [6.07, 6.45) is 0.612. The minimum absolute atomic E-state index is 0.138. The molecule has 1 saturated heterocycles. The number of hydrogen-bond donors (Lipinski definition) is 2. The number of benzene rings is 2. The van der Waals surface area contributed by atoms with Crippen LogP contribution in [-0.2, 0) is 14.4 Å². The van der Waals surface area contributed by atoms with Crippen LogP contribution in [0.3, 0.4) is 0 Å². The molecule has 1 aliphatic heterocycles. The summed E-state index contributed by atoms with van der Waals surface area (Å²) in [6.45, 7) is 6.64. The zero-order chi connectivity index (χ0) is 21.8. The first-order valence-corrected chi connectivity index (χ1v) is 10.8. The molecule has 0 aromatic heterocycles. The smallest absolute Gasteiger partial charge is 0.239 e. The second-order valence-electron chi connectivity index (χ2n) is 7.65. The van der Waals surface area contributed by atoms with Crippen LogP contribution in [-0.4, -0.2) is 30.8 Å². The van der Waals surface area contributed by atoms with Gasteiger partial charge in [-0.25, -0.2) is 0 Å². The van der Waals surface area contributed by atoms with Crippen molar-refractivity contribution in [3.63, 3.8) is 0 Å². The number of amides is 3. The molecule has 2 aromatic rings. The van der Waals surface area contributed by atoms with Crippen LogP contribution < -0.4 is 15.5 Å². The van der Waals surface area contributed by atoms with Crippen molar-refractivity contribution >= 4 is 45.0 Å². The van der Waals surface area contributed by atoms with Gasteiger partial charge in [0.15, 0.2) is 0 Å². The Hall–Kier alpha value is -2.67. The predicted octanol–water partition coefficient (Wildman–Crippen LogP) is 3.87. The Balaban J connectivity index is 1.50. The van der Waals surface area contributed by atoms with E-state index in [1.807, 2.05) is 57.2 Å². The van der Waals surface area contributed by atoms with Gasteiger partial charge in [0.25, 0.3) is 0 Å². The van der Waals surface area contributed by atoms with Crippen molar-refractivity contribution in [1.82, 2.24) is 5.32 Å². The highest BCUT2D eigenvalue weighted by atomic mass is 79.9. The van der Waals surface area contributed by atoms with E-state index in [9.17, 15) is 14.4 Å². The summed E-state index contributed by atoms with van der Waals surface area (Å²) in [5.74, 6) is -1.41. The van der Waals surface area contributed by atoms with E-state index in [0.29, 0.717) is 13.0 Å². The Kier molecular flexibility index (Phi) is 6.92. The maximum atomic E-state index is 12.7. The van der Waals surface area contributed by atoms with Crippen molar-refractivity contribution in [2.24, 2.45) is 5.92 Å². The first-order chi connectivity index (χ1) is 14.3. The quantitative estimate of drug-likeness (QED) is 0.627. The van der Waals surface area contributed by atoms with E-state index in [-0.39, 0.29) is 30.7 Å². The summed E-state index contributed by atoms with van der Waals surface area (Å²) < 4.78 is 0.879. The number of rotatable bonds is 6. The summed E-state index contributed by atoms with van der Waals surface area (Å²) in [7, 11) is 0. The largest absolute Gasteiger partial charge is 0.355 e. The maximum absolute atomic E-state index is 12.7. The topological polar surface area (TPSA) is 78.5 Å². The first kappa shape index (κ1) is 22.0. The van der Waals surface area contributed by atoms with Gasteiger partial charge in [0.2, 0.25) is 17.7 Å². The van der Waals surface area contributed by atoms with Crippen LogP contribution in [0.15, 0.2) is 40.9 Å². The van der Waals surface area contributed by atoms with Crippen molar-refractivity contribution in [2.75, 3.05) is 23.3 Å². The first-order valence-electron chi connectivity index (χ1n) is 9.98. The van der Waals surface area contributed by atoms with Crippen molar-refractivity contribution in [3.8, 4) is 0 Å². The van der Waals surface area contributed by atoms with Crippen LogP contribution in [0.2, 0.25) is 0 Å². The van der Waals surface area contributed by atoms with Crippen molar-refractivity contribution in [3.05, 3.63) is 57.6 Å². The summed E-state index contributed by atoms with van der Waals surface area (Å²) in [4.78, 5) is 39.1. The third kappa shape index (κ3) is 5.08. The van der Waals surface area contributed by atoms with Gasteiger partial charge >= 0.3 is 0 Å². The predicted molar refractivity (Wildman–Crippen MR) is 122 cm³/mol. The normalized spacial score (nSPS) is 15.9. The molecule has 0 bridgehead atoms. The van der Waals surface area contributed by atoms with E-state index in [1.54, 1.807) is 4.90 Å². The Bertz CT molecular complexity index is 990. The van der Waals surface area contributed by atoms with E-state index >= 15 is 0 Å². The van der Waals surface area contributed by atoms with Crippen molar-refractivity contribution < 1.29 is 14.4 Å². The molecular weight excluding hydrogens is 446 g/mol. The molecule has 2 N–H and O–H groups in total. The van der Waals surface area contributed by atoms with Gasteiger partial charge < -0.3 is 15.5 Å². The third-order valence-electron chi connectivity index (χ3n) is 5.45. The zero-order valence-electron chi connectivity index (χ0n) is 17.4. The van der Waals surface area contributed by atoms with Gasteiger partial charge in [-0.1, -0.05) is 28.1 Å². The molecule has 1 atom stereocenters. The summed E-state index contributed by atoms with van der Waals surface area (Å²) in [5.41, 5.74) is 4.78. The molecule has 0 saturated carbocycles. The number of anilines is 2. The molecule has 0 aliphatic carbocycles. The van der Waals surface area contributed by atoms with Gasteiger partial charge in [0.05, 0.1) is 0 Å². The number of nitrogens with zero attached hydrogens (tertiary/aromatic N) is 1. The van der Waals surface area contributed by atoms with Crippen LogP contribution in [0.25, 0.3) is 0 Å². The lowest BCUT2D eigenvalue weighted by Crippen LogP contribution is -2.38. The van der Waals surface area contributed by atoms with Crippen LogP contribution in [0.1, 0.15) is 29.5 Å². The molecule has 158 valence electrons. The van der Waals surface area contributed by atoms with Crippen LogP contribution >= 0.6 is 15.9 Å². The third-order valence-corrected chi connectivity index (χ3v) is 5.94. The van der Waals surface area contributed by atoms with E-state index < -0.39 is 5.92 Å². The molecule has 30 heavy (non-hydrogen) atoms. The molecule has 0 spiro atoms.